The zero-order valence-electron chi connectivity index (χ0n) is 19.4. The highest BCUT2D eigenvalue weighted by molar-refractivity contribution is 5.82. The Morgan fingerprint density at radius 3 is 2.47 bits per heavy atom. The molecular formula is C26H30FN3O4. The van der Waals surface area contributed by atoms with Gasteiger partial charge in [-0.05, 0) is 42.5 Å². The van der Waals surface area contributed by atoms with Crippen molar-refractivity contribution in [3.05, 3.63) is 66.2 Å². The second kappa shape index (κ2) is 11.1. The number of aromatic nitrogens is 2. The van der Waals surface area contributed by atoms with Gasteiger partial charge < -0.3 is 25.2 Å². The number of aliphatic hydroxyl groups is 2. The molecule has 0 saturated carbocycles. The molecule has 4 N–H and O–H groups in total. The van der Waals surface area contributed by atoms with E-state index in [0.717, 1.165) is 28.3 Å². The summed E-state index contributed by atoms with van der Waals surface area (Å²) in [5, 5.41) is 32.2. The van der Waals surface area contributed by atoms with Crippen molar-refractivity contribution in [1.82, 2.24) is 9.55 Å². The van der Waals surface area contributed by atoms with Gasteiger partial charge in [0.15, 0.2) is 0 Å². The Morgan fingerprint density at radius 2 is 1.85 bits per heavy atom. The maximum atomic E-state index is 13.7. The monoisotopic (exact) mass is 467 g/mol. The maximum Gasteiger partial charge on any atom is 0.305 e. The first-order chi connectivity index (χ1) is 16.2. The van der Waals surface area contributed by atoms with Crippen LogP contribution < -0.4 is 5.32 Å². The van der Waals surface area contributed by atoms with E-state index in [1.807, 2.05) is 49.7 Å². The summed E-state index contributed by atoms with van der Waals surface area (Å²) in [7, 11) is 1.83. The highest BCUT2D eigenvalue weighted by atomic mass is 19.1. The SMILES string of the molecule is CNc1cccc(-c2nc(C(C)C)n(C=C[C@@H](O)C[C@@H](O)CC(=O)O)c2-c2ccc(F)cc2)c1. The Hall–Kier alpha value is -3.49. The van der Waals surface area contributed by atoms with Gasteiger partial charge in [0, 0.05) is 42.4 Å². The molecule has 0 saturated heterocycles. The summed E-state index contributed by atoms with van der Waals surface area (Å²) < 4.78 is 15.5. The summed E-state index contributed by atoms with van der Waals surface area (Å²) >= 11 is 0. The molecule has 0 radical (unpaired) electrons. The van der Waals surface area contributed by atoms with Crippen LogP contribution in [0.1, 0.15) is 38.4 Å². The number of hydrogen-bond acceptors (Lipinski definition) is 5. The second-order valence-electron chi connectivity index (χ2n) is 8.43. The van der Waals surface area contributed by atoms with Gasteiger partial charge in [-0.15, -0.1) is 0 Å². The number of aliphatic carboxylic acids is 1. The van der Waals surface area contributed by atoms with Crippen LogP contribution in [-0.2, 0) is 4.79 Å². The van der Waals surface area contributed by atoms with E-state index in [2.05, 4.69) is 5.32 Å². The second-order valence-corrected chi connectivity index (χ2v) is 8.43. The zero-order chi connectivity index (χ0) is 24.8. The van der Waals surface area contributed by atoms with Gasteiger partial charge in [0.05, 0.1) is 30.0 Å². The van der Waals surface area contributed by atoms with Crippen LogP contribution in [0.4, 0.5) is 10.1 Å². The molecule has 3 rings (SSSR count). The summed E-state index contributed by atoms with van der Waals surface area (Å²) in [5.74, 6) is -0.720. The molecule has 1 heterocycles. The van der Waals surface area contributed by atoms with E-state index in [1.165, 1.54) is 18.2 Å². The molecule has 0 unspecified atom stereocenters. The number of carboxylic acids is 1. The van der Waals surface area contributed by atoms with Crippen LogP contribution in [0.5, 0.6) is 0 Å². The molecule has 34 heavy (non-hydrogen) atoms. The number of hydrogen-bond donors (Lipinski definition) is 4. The number of rotatable bonds is 10. The normalized spacial score (nSPS) is 13.4. The number of imidazole rings is 1. The summed E-state index contributed by atoms with van der Waals surface area (Å²) in [6, 6.07) is 13.9. The predicted molar refractivity (Wildman–Crippen MR) is 131 cm³/mol. The number of carboxylic acid groups (broad SMARTS) is 1. The van der Waals surface area contributed by atoms with Gasteiger partial charge in [0.2, 0.25) is 0 Å². The Morgan fingerprint density at radius 1 is 1.15 bits per heavy atom. The minimum absolute atomic E-state index is 0.0276. The van der Waals surface area contributed by atoms with Crippen molar-refractivity contribution in [1.29, 1.82) is 0 Å². The van der Waals surface area contributed by atoms with Gasteiger partial charge >= 0.3 is 5.97 Å². The van der Waals surface area contributed by atoms with Gasteiger partial charge in [-0.2, -0.15) is 0 Å². The van der Waals surface area contributed by atoms with E-state index in [-0.39, 0.29) is 18.2 Å². The van der Waals surface area contributed by atoms with Crippen molar-refractivity contribution in [2.75, 3.05) is 12.4 Å². The van der Waals surface area contributed by atoms with E-state index in [1.54, 1.807) is 18.3 Å². The summed E-state index contributed by atoms with van der Waals surface area (Å²) in [5.41, 5.74) is 3.97. The van der Waals surface area contributed by atoms with E-state index < -0.39 is 24.6 Å². The number of aliphatic hydroxyl groups excluding tert-OH is 2. The molecule has 3 aromatic rings. The average Bonchev–Trinajstić information content (AvgIpc) is 3.17. The smallest absolute Gasteiger partial charge is 0.305 e. The topological polar surface area (TPSA) is 108 Å². The summed E-state index contributed by atoms with van der Waals surface area (Å²) in [6.45, 7) is 4.00. The molecule has 0 spiro atoms. The Labute approximate surface area is 198 Å². The van der Waals surface area contributed by atoms with Gasteiger partial charge in [-0.1, -0.05) is 26.0 Å². The van der Waals surface area contributed by atoms with Crippen LogP contribution in [0.25, 0.3) is 28.7 Å². The van der Waals surface area contributed by atoms with E-state index in [0.29, 0.717) is 5.69 Å². The highest BCUT2D eigenvalue weighted by Crippen LogP contribution is 2.36. The van der Waals surface area contributed by atoms with Crippen molar-refractivity contribution < 1.29 is 24.5 Å². The van der Waals surface area contributed by atoms with Crippen molar-refractivity contribution in [2.45, 2.75) is 44.8 Å². The van der Waals surface area contributed by atoms with Crippen molar-refractivity contribution in [3.63, 3.8) is 0 Å². The van der Waals surface area contributed by atoms with Gasteiger partial charge in [-0.25, -0.2) is 9.37 Å². The fourth-order valence-corrected chi connectivity index (χ4v) is 3.74. The molecule has 2 atom stereocenters. The first-order valence-electron chi connectivity index (χ1n) is 11.1. The lowest BCUT2D eigenvalue weighted by Gasteiger charge is -2.13. The Kier molecular flexibility index (Phi) is 8.20. The van der Waals surface area contributed by atoms with Gasteiger partial charge in [-0.3, -0.25) is 4.79 Å². The summed E-state index contributed by atoms with van der Waals surface area (Å²) in [4.78, 5) is 15.7. The fraction of sp³-hybridized carbons (Fsp3) is 0.308. The number of benzene rings is 2. The molecule has 180 valence electrons. The number of halogens is 1. The lowest BCUT2D eigenvalue weighted by Crippen LogP contribution is -2.19. The van der Waals surface area contributed by atoms with Gasteiger partial charge in [0.25, 0.3) is 0 Å². The number of nitrogens with zero attached hydrogens (tertiary/aromatic N) is 2. The van der Waals surface area contributed by atoms with Crippen molar-refractivity contribution >= 4 is 17.9 Å². The Balaban J connectivity index is 2.12. The first kappa shape index (κ1) is 25.1. The molecule has 7 nitrogen and oxygen atoms in total. The molecule has 0 amide bonds. The van der Waals surface area contributed by atoms with Crippen LogP contribution >= 0.6 is 0 Å². The largest absolute Gasteiger partial charge is 0.481 e. The lowest BCUT2D eigenvalue weighted by atomic mass is 10.0. The third-order valence-corrected chi connectivity index (χ3v) is 5.38. The highest BCUT2D eigenvalue weighted by Gasteiger charge is 2.21. The number of anilines is 1. The molecule has 1 aromatic heterocycles. The van der Waals surface area contributed by atoms with Crippen LogP contribution in [0.2, 0.25) is 0 Å². The Bertz CT molecular complexity index is 1160. The third-order valence-electron chi connectivity index (χ3n) is 5.38. The number of carbonyl (C=O) groups is 1. The van der Waals surface area contributed by atoms with E-state index in [4.69, 9.17) is 10.1 Å². The zero-order valence-corrected chi connectivity index (χ0v) is 19.4. The van der Waals surface area contributed by atoms with Crippen LogP contribution in [0.3, 0.4) is 0 Å². The molecule has 0 aliphatic rings. The third kappa shape index (κ3) is 6.09. The molecule has 0 fully saturated rings. The lowest BCUT2D eigenvalue weighted by molar-refractivity contribution is -0.139. The molecule has 2 aromatic carbocycles. The van der Waals surface area contributed by atoms with E-state index in [9.17, 15) is 19.4 Å². The maximum absolute atomic E-state index is 13.7. The van der Waals surface area contributed by atoms with Crippen LogP contribution in [0, 0.1) is 5.82 Å². The van der Waals surface area contributed by atoms with Crippen molar-refractivity contribution in [2.24, 2.45) is 0 Å². The molecule has 0 bridgehead atoms. The van der Waals surface area contributed by atoms with Gasteiger partial charge in [0.1, 0.15) is 11.6 Å². The average molecular weight is 468 g/mol. The minimum atomic E-state index is -1.17. The molecular weight excluding hydrogens is 437 g/mol. The van der Waals surface area contributed by atoms with Crippen molar-refractivity contribution in [3.8, 4) is 22.5 Å². The predicted octanol–water partition coefficient (Wildman–Crippen LogP) is 4.58. The molecule has 0 aliphatic heterocycles. The standard InChI is InChI=1S/C26H30FN3O4/c1-16(2)26-29-24(18-5-4-6-20(13-18)28-3)25(17-7-9-19(27)10-8-17)30(26)12-11-21(31)14-22(32)15-23(33)34/h4-13,16,21-22,28,31-32H,14-15H2,1-3H3,(H,33,34)/t21-,22-/m1/s1. The van der Waals surface area contributed by atoms with Crippen LogP contribution in [-0.4, -0.2) is 50.1 Å². The molecule has 0 aliphatic carbocycles. The first-order valence-corrected chi connectivity index (χ1v) is 11.1. The minimum Gasteiger partial charge on any atom is -0.481 e. The summed E-state index contributed by atoms with van der Waals surface area (Å²) in [6.07, 6.45) is 0.386. The molecule has 8 heteroatoms. The quantitative estimate of drug-likeness (QED) is 0.348. The number of nitrogens with one attached hydrogen (secondary N) is 1. The van der Waals surface area contributed by atoms with Crippen LogP contribution in [0.15, 0.2) is 54.6 Å². The van der Waals surface area contributed by atoms with E-state index >= 15 is 0 Å². The fourth-order valence-electron chi connectivity index (χ4n) is 3.74.